The zero-order valence-electron chi connectivity index (χ0n) is 15.8. The Hall–Kier alpha value is -2.93. The molecule has 0 fully saturated rings. The van der Waals surface area contributed by atoms with E-state index in [4.69, 9.17) is 4.52 Å². The van der Waals surface area contributed by atoms with Crippen LogP contribution in [0.2, 0.25) is 0 Å². The lowest BCUT2D eigenvalue weighted by molar-refractivity contribution is -0.116. The largest absolute Gasteiger partial charge is 0.350 e. The second-order valence-electron chi connectivity index (χ2n) is 6.61. The predicted molar refractivity (Wildman–Crippen MR) is 111 cm³/mol. The first-order valence-corrected chi connectivity index (χ1v) is 9.48. The summed E-state index contributed by atoms with van der Waals surface area (Å²) in [6, 6.07) is 14.9. The summed E-state index contributed by atoms with van der Waals surface area (Å²) in [6.07, 6.45) is 0. The second-order valence-corrected chi connectivity index (χ2v) is 7.53. The van der Waals surface area contributed by atoms with E-state index in [1.165, 1.54) is 4.90 Å². The molecular formula is C21H20BrN3O3. The fraction of sp³-hybridized carbons (Fsp3) is 0.190. The van der Waals surface area contributed by atoms with Crippen LogP contribution in [0.5, 0.6) is 0 Å². The zero-order valence-corrected chi connectivity index (χ0v) is 17.4. The first-order valence-electron chi connectivity index (χ1n) is 8.68. The van der Waals surface area contributed by atoms with Gasteiger partial charge in [-0.3, -0.25) is 9.59 Å². The maximum absolute atomic E-state index is 12.5. The number of likely N-dealkylation sites (N-methyl/N-ethyl adjacent to an activating group) is 1. The van der Waals surface area contributed by atoms with Crippen molar-refractivity contribution >= 4 is 33.4 Å². The number of benzene rings is 2. The Kier molecular flexibility index (Phi) is 5.94. The summed E-state index contributed by atoms with van der Waals surface area (Å²) < 4.78 is 6.12. The molecule has 0 saturated carbocycles. The fourth-order valence-electron chi connectivity index (χ4n) is 2.67. The molecule has 6 nitrogen and oxygen atoms in total. The van der Waals surface area contributed by atoms with Crippen LogP contribution in [-0.2, 0) is 4.79 Å². The minimum atomic E-state index is -0.409. The number of anilines is 1. The first kappa shape index (κ1) is 19.8. The molecule has 1 heterocycles. The molecule has 144 valence electrons. The van der Waals surface area contributed by atoms with Crippen LogP contribution in [0.3, 0.4) is 0 Å². The van der Waals surface area contributed by atoms with E-state index in [9.17, 15) is 9.59 Å². The van der Waals surface area contributed by atoms with Gasteiger partial charge in [-0.05, 0) is 37.6 Å². The van der Waals surface area contributed by atoms with Gasteiger partial charge in [-0.15, -0.1) is 0 Å². The Labute approximate surface area is 171 Å². The van der Waals surface area contributed by atoms with E-state index in [1.54, 1.807) is 13.1 Å². The highest BCUT2D eigenvalue weighted by atomic mass is 79.9. The monoisotopic (exact) mass is 441 g/mol. The Morgan fingerprint density at radius 1 is 1.11 bits per heavy atom. The fourth-order valence-corrected chi connectivity index (χ4v) is 3.14. The molecule has 0 aliphatic heterocycles. The highest BCUT2D eigenvalue weighted by molar-refractivity contribution is 9.10. The van der Waals surface area contributed by atoms with E-state index in [0.717, 1.165) is 21.2 Å². The van der Waals surface area contributed by atoms with Gasteiger partial charge in [0.25, 0.3) is 5.91 Å². The van der Waals surface area contributed by atoms with Crippen molar-refractivity contribution in [2.75, 3.05) is 18.9 Å². The molecular weight excluding hydrogens is 422 g/mol. The lowest BCUT2D eigenvalue weighted by atomic mass is 10.1. The number of halogens is 1. The van der Waals surface area contributed by atoms with E-state index in [-0.39, 0.29) is 18.2 Å². The number of hydrogen-bond acceptors (Lipinski definition) is 4. The zero-order chi connectivity index (χ0) is 20.3. The Morgan fingerprint density at radius 2 is 1.82 bits per heavy atom. The van der Waals surface area contributed by atoms with Crippen LogP contribution in [0.1, 0.15) is 21.7 Å². The molecule has 0 bridgehead atoms. The van der Waals surface area contributed by atoms with Crippen molar-refractivity contribution in [2.45, 2.75) is 13.8 Å². The van der Waals surface area contributed by atoms with Gasteiger partial charge < -0.3 is 14.7 Å². The summed E-state index contributed by atoms with van der Waals surface area (Å²) in [4.78, 5) is 26.1. The third-order valence-electron chi connectivity index (χ3n) is 4.26. The van der Waals surface area contributed by atoms with Gasteiger partial charge >= 0.3 is 0 Å². The topological polar surface area (TPSA) is 75.4 Å². The van der Waals surface area contributed by atoms with Crippen LogP contribution >= 0.6 is 15.9 Å². The number of hydrogen-bond donors (Lipinski definition) is 1. The molecule has 2 aromatic carbocycles. The molecule has 3 rings (SSSR count). The molecule has 0 radical (unpaired) electrons. The molecule has 1 N–H and O–H groups in total. The predicted octanol–water partition coefficient (Wildman–Crippen LogP) is 4.43. The number of aryl methyl sites for hydroxylation is 2. The number of nitrogens with zero attached hydrogens (tertiary/aromatic N) is 2. The van der Waals surface area contributed by atoms with E-state index in [1.807, 2.05) is 56.3 Å². The summed E-state index contributed by atoms with van der Waals surface area (Å²) in [6.45, 7) is 3.79. The van der Waals surface area contributed by atoms with Crippen LogP contribution in [0.15, 0.2) is 57.5 Å². The normalized spacial score (nSPS) is 10.6. The number of amides is 2. The second kappa shape index (κ2) is 8.39. The third kappa shape index (κ3) is 4.67. The standard InChI is InChI=1S/C21H20BrN3O3/c1-13-4-6-15(7-5-13)18-11-19(28-24-18)21(27)25(3)12-20(26)23-17-9-8-16(22)10-14(17)2/h4-11H,12H2,1-3H3,(H,23,26). The average Bonchev–Trinajstić information content (AvgIpc) is 3.14. The maximum atomic E-state index is 12.5. The Morgan fingerprint density at radius 3 is 2.50 bits per heavy atom. The van der Waals surface area contributed by atoms with Crippen molar-refractivity contribution in [2.24, 2.45) is 0 Å². The van der Waals surface area contributed by atoms with Crippen LogP contribution < -0.4 is 5.32 Å². The van der Waals surface area contributed by atoms with E-state index >= 15 is 0 Å². The van der Waals surface area contributed by atoms with Gasteiger partial charge in [-0.25, -0.2) is 0 Å². The summed E-state index contributed by atoms with van der Waals surface area (Å²) in [7, 11) is 1.55. The van der Waals surface area contributed by atoms with Crippen LogP contribution in [0.25, 0.3) is 11.3 Å². The number of carbonyl (C=O) groups excluding carboxylic acids is 2. The Bertz CT molecular complexity index is 1010. The van der Waals surface area contributed by atoms with E-state index in [0.29, 0.717) is 11.4 Å². The highest BCUT2D eigenvalue weighted by Gasteiger charge is 2.20. The number of aromatic nitrogens is 1. The molecule has 0 spiro atoms. The minimum Gasteiger partial charge on any atom is -0.350 e. The molecule has 7 heteroatoms. The summed E-state index contributed by atoms with van der Waals surface area (Å²) >= 11 is 3.39. The number of carbonyl (C=O) groups is 2. The smallest absolute Gasteiger partial charge is 0.292 e. The molecule has 2 amide bonds. The molecule has 28 heavy (non-hydrogen) atoms. The van der Waals surface area contributed by atoms with Gasteiger partial charge in [0.05, 0.1) is 6.54 Å². The number of rotatable bonds is 5. The Balaban J connectivity index is 1.64. The quantitative estimate of drug-likeness (QED) is 0.635. The SMILES string of the molecule is Cc1ccc(-c2cc(C(=O)N(C)CC(=O)Nc3ccc(Br)cc3C)on2)cc1. The van der Waals surface area contributed by atoms with Crippen molar-refractivity contribution in [1.29, 1.82) is 0 Å². The van der Waals surface area contributed by atoms with Crippen LogP contribution in [0, 0.1) is 13.8 Å². The molecule has 1 aromatic heterocycles. The minimum absolute atomic E-state index is 0.0886. The van der Waals surface area contributed by atoms with Crippen molar-refractivity contribution in [1.82, 2.24) is 10.1 Å². The van der Waals surface area contributed by atoms with Crippen molar-refractivity contribution in [3.05, 3.63) is 69.9 Å². The molecule has 0 aliphatic rings. The van der Waals surface area contributed by atoms with Gasteiger partial charge in [0.15, 0.2) is 0 Å². The third-order valence-corrected chi connectivity index (χ3v) is 4.75. The highest BCUT2D eigenvalue weighted by Crippen LogP contribution is 2.21. The van der Waals surface area contributed by atoms with Gasteiger partial charge in [-0.2, -0.15) is 0 Å². The van der Waals surface area contributed by atoms with Crippen molar-refractivity contribution < 1.29 is 14.1 Å². The lowest BCUT2D eigenvalue weighted by Crippen LogP contribution is -2.34. The van der Waals surface area contributed by atoms with Gasteiger partial charge in [0.2, 0.25) is 11.7 Å². The van der Waals surface area contributed by atoms with Gasteiger partial charge in [-0.1, -0.05) is 50.9 Å². The van der Waals surface area contributed by atoms with Crippen molar-refractivity contribution in [3.63, 3.8) is 0 Å². The molecule has 0 saturated heterocycles. The molecule has 3 aromatic rings. The first-order chi connectivity index (χ1) is 13.3. The lowest BCUT2D eigenvalue weighted by Gasteiger charge is -2.15. The van der Waals surface area contributed by atoms with Gasteiger partial charge in [0, 0.05) is 28.8 Å². The maximum Gasteiger partial charge on any atom is 0.292 e. The summed E-state index contributed by atoms with van der Waals surface area (Å²) in [5.74, 6) is -0.612. The van der Waals surface area contributed by atoms with Crippen LogP contribution in [-0.4, -0.2) is 35.5 Å². The molecule has 0 atom stereocenters. The van der Waals surface area contributed by atoms with Gasteiger partial charge in [0.1, 0.15) is 5.69 Å². The van der Waals surface area contributed by atoms with Crippen LogP contribution in [0.4, 0.5) is 5.69 Å². The van der Waals surface area contributed by atoms with E-state index < -0.39 is 5.91 Å². The summed E-state index contributed by atoms with van der Waals surface area (Å²) in [5.41, 5.74) is 4.20. The number of nitrogens with one attached hydrogen (secondary N) is 1. The van der Waals surface area contributed by atoms with E-state index in [2.05, 4.69) is 26.4 Å². The molecule has 0 aliphatic carbocycles. The molecule has 0 unspecified atom stereocenters. The average molecular weight is 442 g/mol. The summed E-state index contributed by atoms with van der Waals surface area (Å²) in [5, 5.41) is 6.77. The van der Waals surface area contributed by atoms with Crippen molar-refractivity contribution in [3.8, 4) is 11.3 Å².